The van der Waals surface area contributed by atoms with Gasteiger partial charge in [-0.25, -0.2) is 0 Å². The van der Waals surface area contributed by atoms with Crippen molar-refractivity contribution in [1.29, 1.82) is 0 Å². The van der Waals surface area contributed by atoms with E-state index in [1.54, 1.807) is 24.9 Å². The first-order valence-corrected chi connectivity index (χ1v) is 19.4. The van der Waals surface area contributed by atoms with Crippen LogP contribution in [-0.4, -0.2) is 75.8 Å². The lowest BCUT2D eigenvalue weighted by Gasteiger charge is -2.34. The Labute approximate surface area is 320 Å². The number of H-pyrrole nitrogens is 1. The summed E-state index contributed by atoms with van der Waals surface area (Å²) in [5.41, 5.74) is 9.66. The molecule has 55 heavy (non-hydrogen) atoms. The number of anilines is 1. The summed E-state index contributed by atoms with van der Waals surface area (Å²) in [7, 11) is 3.43. The van der Waals surface area contributed by atoms with Gasteiger partial charge in [-0.05, 0) is 98.1 Å². The number of imide groups is 1. The molecular formula is C43H49N7O5. The Bertz CT molecular complexity index is 2270. The number of hydrogen-bond acceptors (Lipinski definition) is 9. The van der Waals surface area contributed by atoms with Gasteiger partial charge in [-0.2, -0.15) is 5.10 Å². The Kier molecular flexibility index (Phi) is 10.4. The van der Waals surface area contributed by atoms with Gasteiger partial charge in [0, 0.05) is 73.6 Å². The van der Waals surface area contributed by atoms with E-state index in [4.69, 9.17) is 9.47 Å². The van der Waals surface area contributed by atoms with Crippen molar-refractivity contribution in [2.75, 3.05) is 38.7 Å². The Balaban J connectivity index is 0.907. The maximum Gasteiger partial charge on any atom is 0.276 e. The molecule has 12 nitrogen and oxygen atoms in total. The van der Waals surface area contributed by atoms with Gasteiger partial charge >= 0.3 is 0 Å². The van der Waals surface area contributed by atoms with E-state index in [0.717, 1.165) is 97.8 Å². The van der Waals surface area contributed by atoms with Crippen LogP contribution in [0, 0.1) is 0 Å². The number of nitrogens with one attached hydrogen (secondary N) is 3. The third kappa shape index (κ3) is 7.61. The highest BCUT2D eigenvalue weighted by atomic mass is 16.5. The SMILES string of the molecule is CCOc1cc(-c2cn(C)c(=O)c3[nH]ncc23)c(OC)cc1CN1CCc2c(CN3CCC(c4ccc(NC5CCC(=O)NC5=O)cc4)CC3)cccc2C1. The number of aryl methyl sites for hydroxylation is 1. The van der Waals surface area contributed by atoms with Crippen molar-refractivity contribution in [3.8, 4) is 22.6 Å². The van der Waals surface area contributed by atoms with Crippen molar-refractivity contribution in [3.05, 3.63) is 105 Å². The molecule has 0 spiro atoms. The number of hydrogen-bond donors (Lipinski definition) is 3. The predicted octanol–water partition coefficient (Wildman–Crippen LogP) is 5.49. The first-order chi connectivity index (χ1) is 26.8. The highest BCUT2D eigenvalue weighted by Crippen LogP contribution is 2.40. The number of ether oxygens (including phenoxy) is 2. The molecule has 0 aliphatic carbocycles. The number of aromatic amines is 1. The second-order valence-electron chi connectivity index (χ2n) is 15.0. The molecule has 5 heterocycles. The summed E-state index contributed by atoms with van der Waals surface area (Å²) in [6, 6.07) is 19.0. The smallest absolute Gasteiger partial charge is 0.276 e. The molecule has 286 valence electrons. The zero-order valence-electron chi connectivity index (χ0n) is 31.8. The molecule has 8 rings (SSSR count). The Morgan fingerprint density at radius 3 is 2.45 bits per heavy atom. The van der Waals surface area contributed by atoms with Crippen LogP contribution in [0.2, 0.25) is 0 Å². The van der Waals surface area contributed by atoms with Gasteiger partial charge in [0.15, 0.2) is 0 Å². The summed E-state index contributed by atoms with van der Waals surface area (Å²) >= 11 is 0. The second-order valence-corrected chi connectivity index (χ2v) is 15.0. The number of pyridine rings is 1. The molecule has 3 N–H and O–H groups in total. The van der Waals surface area contributed by atoms with E-state index in [2.05, 4.69) is 79.2 Å². The van der Waals surface area contributed by atoms with Crippen LogP contribution < -0.4 is 25.7 Å². The number of benzene rings is 3. The molecule has 5 aromatic rings. The minimum Gasteiger partial charge on any atom is -0.496 e. The fourth-order valence-electron chi connectivity index (χ4n) is 8.58. The first kappa shape index (κ1) is 36.5. The van der Waals surface area contributed by atoms with Gasteiger partial charge in [-0.3, -0.25) is 34.6 Å². The Hall–Kier alpha value is -5.46. The summed E-state index contributed by atoms with van der Waals surface area (Å²) in [5, 5.41) is 13.5. The van der Waals surface area contributed by atoms with Crippen LogP contribution in [0.4, 0.5) is 5.69 Å². The molecule has 3 aliphatic rings. The lowest BCUT2D eigenvalue weighted by atomic mass is 9.88. The summed E-state index contributed by atoms with van der Waals surface area (Å²) in [6.07, 6.45) is 7.63. The van der Waals surface area contributed by atoms with Crippen LogP contribution in [0.1, 0.15) is 66.3 Å². The number of nitrogens with zero attached hydrogens (tertiary/aromatic N) is 4. The fraction of sp³-hybridized carbons (Fsp3) is 0.395. The topological polar surface area (TPSA) is 134 Å². The highest BCUT2D eigenvalue weighted by Gasteiger charge is 2.28. The van der Waals surface area contributed by atoms with Crippen molar-refractivity contribution in [1.82, 2.24) is 29.9 Å². The number of amides is 2. The quantitative estimate of drug-likeness (QED) is 0.150. The van der Waals surface area contributed by atoms with E-state index in [1.807, 2.05) is 19.2 Å². The molecule has 2 aromatic heterocycles. The third-order valence-electron chi connectivity index (χ3n) is 11.5. The van der Waals surface area contributed by atoms with Crippen molar-refractivity contribution >= 4 is 28.4 Å². The van der Waals surface area contributed by atoms with Crippen LogP contribution in [-0.2, 0) is 42.7 Å². The number of piperidine rings is 2. The number of methoxy groups -OCH3 is 1. The third-order valence-corrected chi connectivity index (χ3v) is 11.5. The zero-order valence-corrected chi connectivity index (χ0v) is 31.8. The van der Waals surface area contributed by atoms with E-state index in [-0.39, 0.29) is 23.4 Å². The lowest BCUT2D eigenvalue weighted by molar-refractivity contribution is -0.133. The minimum atomic E-state index is -0.371. The van der Waals surface area contributed by atoms with Gasteiger partial charge in [-0.1, -0.05) is 30.3 Å². The van der Waals surface area contributed by atoms with Crippen LogP contribution in [0.5, 0.6) is 11.5 Å². The molecule has 12 heteroatoms. The first-order valence-electron chi connectivity index (χ1n) is 19.4. The van der Waals surface area contributed by atoms with Crippen LogP contribution in [0.15, 0.2) is 71.8 Å². The average molecular weight is 744 g/mol. The van der Waals surface area contributed by atoms with Gasteiger partial charge in [0.25, 0.3) is 5.56 Å². The maximum atomic E-state index is 12.7. The molecule has 2 saturated heterocycles. The van der Waals surface area contributed by atoms with E-state index in [9.17, 15) is 14.4 Å². The summed E-state index contributed by atoms with van der Waals surface area (Å²) in [6.45, 7) is 8.15. The number of fused-ring (bicyclic) bond motifs is 2. The van der Waals surface area contributed by atoms with Crippen molar-refractivity contribution < 1.29 is 19.1 Å². The normalized spacial score (nSPS) is 18.3. The van der Waals surface area contributed by atoms with E-state index >= 15 is 0 Å². The minimum absolute atomic E-state index is 0.128. The van der Waals surface area contributed by atoms with Gasteiger partial charge in [-0.15, -0.1) is 0 Å². The fourth-order valence-corrected chi connectivity index (χ4v) is 8.58. The van der Waals surface area contributed by atoms with Crippen LogP contribution >= 0.6 is 0 Å². The van der Waals surface area contributed by atoms with Crippen molar-refractivity contribution in [3.63, 3.8) is 0 Å². The summed E-state index contributed by atoms with van der Waals surface area (Å²) in [4.78, 5) is 41.5. The molecular weight excluding hydrogens is 695 g/mol. The largest absolute Gasteiger partial charge is 0.496 e. The van der Waals surface area contributed by atoms with Crippen molar-refractivity contribution in [2.24, 2.45) is 7.05 Å². The monoisotopic (exact) mass is 743 g/mol. The van der Waals surface area contributed by atoms with Crippen molar-refractivity contribution in [2.45, 2.75) is 70.6 Å². The zero-order chi connectivity index (χ0) is 38.1. The molecule has 3 aromatic carbocycles. The lowest BCUT2D eigenvalue weighted by Crippen LogP contribution is -2.47. The predicted molar refractivity (Wildman–Crippen MR) is 212 cm³/mol. The average Bonchev–Trinajstić information content (AvgIpc) is 3.69. The van der Waals surface area contributed by atoms with Gasteiger partial charge in [0.1, 0.15) is 23.1 Å². The molecule has 0 saturated carbocycles. The number of carbonyl (C=O) groups is 2. The maximum absolute atomic E-state index is 12.7. The summed E-state index contributed by atoms with van der Waals surface area (Å²) < 4.78 is 13.7. The molecule has 1 unspecified atom stereocenters. The van der Waals surface area contributed by atoms with E-state index in [1.165, 1.54) is 22.3 Å². The van der Waals surface area contributed by atoms with Gasteiger partial charge < -0.3 is 19.4 Å². The standard InChI is InChI=1S/C43H49N7O5/c1-4-55-38-21-34(36-26-48(2)43(53)41-35(36)22-44-47-41)39(54-3)20-31(38)25-50-19-16-33-29(6-5-7-30(33)24-50)23-49-17-14-28(15-18-49)27-8-10-32(11-9-27)45-37-12-13-40(51)46-42(37)52/h5-11,20-22,26,28,37,45H,4,12-19,23-25H2,1-3H3,(H,44,47)(H,46,51,52). The molecule has 2 fully saturated rings. The van der Waals surface area contributed by atoms with Gasteiger partial charge in [0.05, 0.1) is 19.9 Å². The van der Waals surface area contributed by atoms with E-state index < -0.39 is 0 Å². The Morgan fingerprint density at radius 1 is 0.891 bits per heavy atom. The van der Waals surface area contributed by atoms with Crippen LogP contribution in [0.25, 0.3) is 22.0 Å². The Morgan fingerprint density at radius 2 is 1.69 bits per heavy atom. The highest BCUT2D eigenvalue weighted by molar-refractivity contribution is 6.01. The second kappa shape index (κ2) is 15.7. The molecule has 3 aliphatic heterocycles. The number of likely N-dealkylation sites (tertiary alicyclic amines) is 1. The summed E-state index contributed by atoms with van der Waals surface area (Å²) in [5.74, 6) is 1.60. The molecule has 0 radical (unpaired) electrons. The molecule has 1 atom stereocenters. The number of aromatic nitrogens is 3. The van der Waals surface area contributed by atoms with Crippen LogP contribution in [0.3, 0.4) is 0 Å². The number of rotatable bonds is 11. The molecule has 0 bridgehead atoms. The van der Waals surface area contributed by atoms with Gasteiger partial charge in [0.2, 0.25) is 11.8 Å². The number of carbonyl (C=O) groups excluding carboxylic acids is 2. The van der Waals surface area contributed by atoms with E-state index in [0.29, 0.717) is 30.9 Å². The molecule has 2 amide bonds.